The zero-order valence-electron chi connectivity index (χ0n) is 11.7. The summed E-state index contributed by atoms with van der Waals surface area (Å²) in [5.41, 5.74) is 8.15. The lowest BCUT2D eigenvalue weighted by molar-refractivity contribution is -0.137. The van der Waals surface area contributed by atoms with Crippen LogP contribution in [0.1, 0.15) is 37.0 Å². The average molecular weight is 284 g/mol. The topological polar surface area (TPSA) is 81.2 Å². The maximum Gasteiger partial charge on any atom is 0.252 e. The van der Waals surface area contributed by atoms with Gasteiger partial charge in [-0.25, -0.2) is 4.98 Å². The molecule has 1 atom stereocenters. The second kappa shape index (κ2) is 4.07. The summed E-state index contributed by atoms with van der Waals surface area (Å²) in [7, 11) is 1.54. The number of fused-ring (bicyclic) bond motifs is 1. The SMILES string of the molecule is CN1C(=O)CC(n2c(C3CC3)nc3cc(N)ccc32)C1=O. The number of hydrogen-bond acceptors (Lipinski definition) is 4. The van der Waals surface area contributed by atoms with E-state index in [2.05, 4.69) is 4.98 Å². The fraction of sp³-hybridized carbons (Fsp3) is 0.400. The first-order chi connectivity index (χ1) is 10.1. The van der Waals surface area contributed by atoms with Crippen LogP contribution in [-0.4, -0.2) is 33.3 Å². The van der Waals surface area contributed by atoms with Crippen molar-refractivity contribution in [2.24, 2.45) is 0 Å². The minimum atomic E-state index is -0.466. The van der Waals surface area contributed by atoms with Crippen molar-refractivity contribution >= 4 is 28.5 Å². The standard InChI is InChI=1S/C15H16N4O2/c1-18-13(20)7-12(15(18)21)19-11-5-4-9(16)6-10(11)17-14(19)8-2-3-8/h4-6,8,12H,2-3,7,16H2,1H3. The Morgan fingerprint density at radius 3 is 2.67 bits per heavy atom. The van der Waals surface area contributed by atoms with Crippen LogP contribution in [0.4, 0.5) is 5.69 Å². The summed E-state index contributed by atoms with van der Waals surface area (Å²) in [6, 6.07) is 5.05. The largest absolute Gasteiger partial charge is 0.399 e. The van der Waals surface area contributed by atoms with Crippen LogP contribution in [0, 0.1) is 0 Å². The molecule has 2 aliphatic rings. The molecule has 1 aliphatic carbocycles. The number of anilines is 1. The molecular weight excluding hydrogens is 268 g/mol. The molecule has 4 rings (SSSR count). The number of imide groups is 1. The van der Waals surface area contributed by atoms with Gasteiger partial charge in [0.05, 0.1) is 17.5 Å². The first-order valence-corrected chi connectivity index (χ1v) is 7.14. The molecule has 0 radical (unpaired) electrons. The number of nitrogens with two attached hydrogens (primary N) is 1. The van der Waals surface area contributed by atoms with Gasteiger partial charge in [0, 0.05) is 18.7 Å². The zero-order chi connectivity index (χ0) is 14.7. The van der Waals surface area contributed by atoms with Crippen LogP contribution >= 0.6 is 0 Å². The molecule has 108 valence electrons. The van der Waals surface area contributed by atoms with Crippen molar-refractivity contribution in [3.8, 4) is 0 Å². The van der Waals surface area contributed by atoms with E-state index in [0.29, 0.717) is 11.6 Å². The molecule has 2 aromatic rings. The van der Waals surface area contributed by atoms with Crippen molar-refractivity contribution in [2.75, 3.05) is 12.8 Å². The Balaban J connectivity index is 1.92. The second-order valence-corrected chi connectivity index (χ2v) is 5.87. The molecule has 1 saturated carbocycles. The quantitative estimate of drug-likeness (QED) is 0.668. The van der Waals surface area contributed by atoms with E-state index in [1.807, 2.05) is 22.8 Å². The predicted molar refractivity (Wildman–Crippen MR) is 77.6 cm³/mol. The van der Waals surface area contributed by atoms with Crippen molar-refractivity contribution < 1.29 is 9.59 Å². The van der Waals surface area contributed by atoms with Crippen LogP contribution in [0.15, 0.2) is 18.2 Å². The maximum atomic E-state index is 12.4. The van der Waals surface area contributed by atoms with Gasteiger partial charge >= 0.3 is 0 Å². The molecule has 2 heterocycles. The van der Waals surface area contributed by atoms with Crippen LogP contribution in [0.5, 0.6) is 0 Å². The summed E-state index contributed by atoms with van der Waals surface area (Å²) >= 11 is 0. The van der Waals surface area contributed by atoms with Crippen LogP contribution in [0.3, 0.4) is 0 Å². The number of likely N-dealkylation sites (N-methyl/N-ethyl adjacent to an activating group) is 1. The molecular formula is C15H16N4O2. The summed E-state index contributed by atoms with van der Waals surface area (Å²) in [4.78, 5) is 30.1. The van der Waals surface area contributed by atoms with Gasteiger partial charge in [-0.15, -0.1) is 0 Å². The molecule has 1 aliphatic heterocycles. The van der Waals surface area contributed by atoms with Gasteiger partial charge < -0.3 is 10.3 Å². The van der Waals surface area contributed by atoms with Crippen LogP contribution < -0.4 is 5.73 Å². The smallest absolute Gasteiger partial charge is 0.252 e. The van der Waals surface area contributed by atoms with Crippen molar-refractivity contribution in [1.82, 2.24) is 14.5 Å². The second-order valence-electron chi connectivity index (χ2n) is 5.87. The molecule has 2 fully saturated rings. The predicted octanol–water partition coefficient (Wildman–Crippen LogP) is 1.43. The number of aromatic nitrogens is 2. The van der Waals surface area contributed by atoms with Gasteiger partial charge in [-0.3, -0.25) is 14.5 Å². The third-order valence-corrected chi connectivity index (χ3v) is 4.35. The highest BCUT2D eigenvalue weighted by Gasteiger charge is 2.41. The third-order valence-electron chi connectivity index (χ3n) is 4.35. The van der Waals surface area contributed by atoms with E-state index in [9.17, 15) is 9.59 Å². The number of nitrogens with zero attached hydrogens (tertiary/aromatic N) is 3. The Bertz CT molecular complexity index is 775. The number of rotatable bonds is 2. The number of benzene rings is 1. The highest BCUT2D eigenvalue weighted by molar-refractivity contribution is 6.05. The van der Waals surface area contributed by atoms with Gasteiger partial charge in [-0.05, 0) is 31.0 Å². The molecule has 2 amide bonds. The van der Waals surface area contributed by atoms with Gasteiger partial charge in [-0.1, -0.05) is 0 Å². The number of carbonyl (C=O) groups is 2. The zero-order valence-corrected chi connectivity index (χ0v) is 11.7. The van der Waals surface area contributed by atoms with Crippen molar-refractivity contribution in [2.45, 2.75) is 31.2 Å². The lowest BCUT2D eigenvalue weighted by Crippen LogP contribution is -2.27. The Kier molecular flexibility index (Phi) is 2.40. The van der Waals surface area contributed by atoms with E-state index in [4.69, 9.17) is 5.73 Å². The number of likely N-dealkylation sites (tertiary alicyclic amines) is 1. The highest BCUT2D eigenvalue weighted by Crippen LogP contribution is 2.43. The molecule has 1 unspecified atom stereocenters. The normalized spacial score (nSPS) is 22.5. The molecule has 1 saturated heterocycles. The minimum Gasteiger partial charge on any atom is -0.399 e. The van der Waals surface area contributed by atoms with Gasteiger partial charge in [0.15, 0.2) is 0 Å². The summed E-state index contributed by atoms with van der Waals surface area (Å²) in [6.07, 6.45) is 2.39. The van der Waals surface area contributed by atoms with E-state index < -0.39 is 6.04 Å². The molecule has 1 aromatic heterocycles. The number of amides is 2. The fourth-order valence-corrected chi connectivity index (χ4v) is 3.03. The van der Waals surface area contributed by atoms with E-state index in [-0.39, 0.29) is 18.2 Å². The molecule has 21 heavy (non-hydrogen) atoms. The maximum absolute atomic E-state index is 12.4. The monoisotopic (exact) mass is 284 g/mol. The molecule has 6 heteroatoms. The van der Waals surface area contributed by atoms with E-state index in [0.717, 1.165) is 29.7 Å². The van der Waals surface area contributed by atoms with Crippen LogP contribution in [0.25, 0.3) is 11.0 Å². The molecule has 1 aromatic carbocycles. The van der Waals surface area contributed by atoms with Crippen LogP contribution in [-0.2, 0) is 9.59 Å². The Morgan fingerprint density at radius 2 is 2.05 bits per heavy atom. The molecule has 6 nitrogen and oxygen atoms in total. The highest BCUT2D eigenvalue weighted by atomic mass is 16.2. The third kappa shape index (κ3) is 1.75. The number of nitrogen functional groups attached to an aromatic ring is 1. The Labute approximate surface area is 121 Å². The van der Waals surface area contributed by atoms with Crippen LogP contribution in [0.2, 0.25) is 0 Å². The summed E-state index contributed by atoms with van der Waals surface area (Å²) in [5, 5.41) is 0. The van der Waals surface area contributed by atoms with Crippen molar-refractivity contribution in [1.29, 1.82) is 0 Å². The van der Waals surface area contributed by atoms with Crippen molar-refractivity contribution in [3.05, 3.63) is 24.0 Å². The molecule has 0 spiro atoms. The first-order valence-electron chi connectivity index (χ1n) is 7.14. The Hall–Kier alpha value is -2.37. The summed E-state index contributed by atoms with van der Waals surface area (Å²) in [6.45, 7) is 0. The molecule has 2 N–H and O–H groups in total. The van der Waals surface area contributed by atoms with Gasteiger partial charge in [-0.2, -0.15) is 0 Å². The Morgan fingerprint density at radius 1 is 1.29 bits per heavy atom. The lowest BCUT2D eigenvalue weighted by atomic mass is 10.2. The fourth-order valence-electron chi connectivity index (χ4n) is 3.03. The summed E-state index contributed by atoms with van der Waals surface area (Å²) in [5.74, 6) is 1.02. The van der Waals surface area contributed by atoms with Gasteiger partial charge in [0.1, 0.15) is 11.9 Å². The van der Waals surface area contributed by atoms with Gasteiger partial charge in [0.25, 0.3) is 5.91 Å². The van der Waals surface area contributed by atoms with Gasteiger partial charge in [0.2, 0.25) is 5.91 Å². The average Bonchev–Trinajstić information content (AvgIpc) is 3.19. The lowest BCUT2D eigenvalue weighted by Gasteiger charge is -2.14. The molecule has 0 bridgehead atoms. The number of imidazole rings is 1. The van der Waals surface area contributed by atoms with E-state index in [1.54, 1.807) is 7.05 Å². The first kappa shape index (κ1) is 12.4. The summed E-state index contributed by atoms with van der Waals surface area (Å²) < 4.78 is 1.95. The van der Waals surface area contributed by atoms with E-state index >= 15 is 0 Å². The van der Waals surface area contributed by atoms with E-state index in [1.165, 1.54) is 4.90 Å². The van der Waals surface area contributed by atoms with Crippen molar-refractivity contribution in [3.63, 3.8) is 0 Å². The number of hydrogen-bond donors (Lipinski definition) is 1. The number of carbonyl (C=O) groups excluding carboxylic acids is 2. The minimum absolute atomic E-state index is 0.135.